The number of halogens is 3. The summed E-state index contributed by atoms with van der Waals surface area (Å²) in [6.07, 6.45) is -2.53. The topological polar surface area (TPSA) is 138 Å². The van der Waals surface area contributed by atoms with E-state index in [1.54, 1.807) is 0 Å². The number of amides is 2. The predicted octanol–water partition coefficient (Wildman–Crippen LogP) is 2.91. The Morgan fingerprint density at radius 2 is 1.91 bits per heavy atom. The van der Waals surface area contributed by atoms with Crippen LogP contribution in [0.2, 0.25) is 0 Å². The first-order chi connectivity index (χ1) is 16.6. The van der Waals surface area contributed by atoms with Crippen LogP contribution in [0.4, 0.5) is 13.2 Å². The molecule has 1 saturated carbocycles. The molecule has 0 unspecified atom stereocenters. The Morgan fingerprint density at radius 3 is 2.49 bits per heavy atom. The molecule has 4 rings (SSSR count). The summed E-state index contributed by atoms with van der Waals surface area (Å²) in [5, 5.41) is 20.4. The maximum atomic E-state index is 13.4. The van der Waals surface area contributed by atoms with E-state index in [1.807, 2.05) is 0 Å². The third kappa shape index (κ3) is 5.45. The van der Waals surface area contributed by atoms with Crippen molar-refractivity contribution in [3.8, 4) is 23.1 Å². The lowest BCUT2D eigenvalue weighted by Gasteiger charge is -2.17. The number of aromatic hydroxyl groups is 1. The third-order valence-electron chi connectivity index (χ3n) is 5.28. The number of H-pyrrole nitrogens is 1. The van der Waals surface area contributed by atoms with Crippen LogP contribution in [0, 0.1) is 0 Å². The maximum absolute atomic E-state index is 13.4. The molecule has 1 aliphatic rings. The molecule has 0 bridgehead atoms. The van der Waals surface area contributed by atoms with Crippen molar-refractivity contribution >= 4 is 11.8 Å². The Bertz CT molecular complexity index is 1240. The van der Waals surface area contributed by atoms with Gasteiger partial charge in [0.05, 0.1) is 25.5 Å². The third-order valence-corrected chi connectivity index (χ3v) is 5.28. The number of methoxy groups -OCH3 is 1. The number of benzene rings is 1. The van der Waals surface area contributed by atoms with E-state index < -0.39 is 34.8 Å². The standard InChI is InChI=1S/C22H20F3N5O5/c1-34-13-4-5-17(15(8-13)22(23,24)25)35-14-3-2-12(26-11-14)10-27-20(33)21(6-7-21)28-19(32)16-9-18(31)30-29-16/h2-5,8-9,11H,6-7,10H2,1H3,(H,27,33)(H,28,32)(H2,29,30,31). The molecule has 2 heterocycles. The van der Waals surface area contributed by atoms with Gasteiger partial charge in [0, 0.05) is 6.07 Å². The molecule has 184 valence electrons. The number of aromatic nitrogens is 3. The van der Waals surface area contributed by atoms with Crippen molar-refractivity contribution in [3.05, 3.63) is 59.5 Å². The zero-order valence-electron chi connectivity index (χ0n) is 18.3. The number of nitrogens with one attached hydrogen (secondary N) is 3. The average Bonchev–Trinajstić information content (AvgIpc) is 3.48. The normalized spacial score (nSPS) is 14.2. The van der Waals surface area contributed by atoms with Gasteiger partial charge in [0.15, 0.2) is 5.69 Å². The molecule has 2 amide bonds. The summed E-state index contributed by atoms with van der Waals surface area (Å²) in [5.74, 6) is -1.58. The minimum absolute atomic E-state index is 0.0241. The number of alkyl halides is 3. The van der Waals surface area contributed by atoms with Crippen LogP contribution in [0.5, 0.6) is 23.1 Å². The number of nitrogens with zero attached hydrogens (tertiary/aromatic N) is 2. The van der Waals surface area contributed by atoms with E-state index in [9.17, 15) is 27.9 Å². The fourth-order valence-electron chi connectivity index (χ4n) is 3.23. The number of rotatable bonds is 8. The van der Waals surface area contributed by atoms with Gasteiger partial charge in [-0.15, -0.1) is 0 Å². The predicted molar refractivity (Wildman–Crippen MR) is 114 cm³/mol. The zero-order valence-corrected chi connectivity index (χ0v) is 18.3. The molecule has 13 heteroatoms. The highest BCUT2D eigenvalue weighted by Crippen LogP contribution is 2.40. The Labute approximate surface area is 196 Å². The van der Waals surface area contributed by atoms with Gasteiger partial charge < -0.3 is 25.2 Å². The molecular weight excluding hydrogens is 471 g/mol. The number of ether oxygens (including phenoxy) is 2. The van der Waals surface area contributed by atoms with E-state index >= 15 is 0 Å². The van der Waals surface area contributed by atoms with Crippen LogP contribution in [0.3, 0.4) is 0 Å². The highest BCUT2D eigenvalue weighted by molar-refractivity contribution is 5.99. The molecule has 0 saturated heterocycles. The zero-order chi connectivity index (χ0) is 25.2. The molecule has 1 fully saturated rings. The van der Waals surface area contributed by atoms with Gasteiger partial charge in [0.1, 0.15) is 28.4 Å². The molecule has 1 aromatic carbocycles. The number of hydrogen-bond donors (Lipinski definition) is 4. The minimum atomic E-state index is -4.65. The van der Waals surface area contributed by atoms with Crippen LogP contribution in [0.25, 0.3) is 0 Å². The Kier molecular flexibility index (Phi) is 6.24. The second kappa shape index (κ2) is 9.16. The molecule has 0 spiro atoms. The fourth-order valence-corrected chi connectivity index (χ4v) is 3.23. The average molecular weight is 491 g/mol. The largest absolute Gasteiger partial charge is 0.497 e. The molecule has 0 atom stereocenters. The van der Waals surface area contributed by atoms with Crippen LogP contribution < -0.4 is 20.1 Å². The van der Waals surface area contributed by atoms with Gasteiger partial charge in [-0.25, -0.2) is 5.10 Å². The summed E-state index contributed by atoms with van der Waals surface area (Å²) in [7, 11) is 1.27. The molecule has 3 aromatic rings. The summed E-state index contributed by atoms with van der Waals surface area (Å²) >= 11 is 0. The highest BCUT2D eigenvalue weighted by atomic mass is 19.4. The molecule has 4 N–H and O–H groups in total. The van der Waals surface area contributed by atoms with Crippen molar-refractivity contribution in [2.24, 2.45) is 0 Å². The quantitative estimate of drug-likeness (QED) is 0.380. The molecule has 0 aliphatic heterocycles. The van der Waals surface area contributed by atoms with Crippen molar-refractivity contribution < 1.29 is 37.3 Å². The molecule has 0 radical (unpaired) electrons. The van der Waals surface area contributed by atoms with Crippen molar-refractivity contribution in [2.45, 2.75) is 31.1 Å². The van der Waals surface area contributed by atoms with Crippen molar-refractivity contribution in [2.75, 3.05) is 7.11 Å². The van der Waals surface area contributed by atoms with Crippen LogP contribution >= 0.6 is 0 Å². The van der Waals surface area contributed by atoms with Gasteiger partial charge in [-0.3, -0.25) is 14.6 Å². The number of aromatic amines is 1. The molecule has 10 nitrogen and oxygen atoms in total. The first-order valence-corrected chi connectivity index (χ1v) is 10.3. The van der Waals surface area contributed by atoms with Crippen LogP contribution in [0.15, 0.2) is 42.6 Å². The first-order valence-electron chi connectivity index (χ1n) is 10.3. The van der Waals surface area contributed by atoms with Crippen LogP contribution in [-0.4, -0.2) is 44.8 Å². The van der Waals surface area contributed by atoms with Gasteiger partial charge in [0.2, 0.25) is 11.8 Å². The second-order valence-corrected chi connectivity index (χ2v) is 7.80. The number of hydrogen-bond acceptors (Lipinski definition) is 7. The number of carbonyl (C=O) groups excluding carboxylic acids is 2. The fraction of sp³-hybridized carbons (Fsp3) is 0.273. The summed E-state index contributed by atoms with van der Waals surface area (Å²) < 4.78 is 50.3. The van der Waals surface area contributed by atoms with Crippen LogP contribution in [-0.2, 0) is 17.5 Å². The second-order valence-electron chi connectivity index (χ2n) is 7.80. The highest BCUT2D eigenvalue weighted by Gasteiger charge is 2.51. The summed E-state index contributed by atoms with van der Waals surface area (Å²) in [4.78, 5) is 28.9. The molecule has 2 aromatic heterocycles. The van der Waals surface area contributed by atoms with E-state index in [0.717, 1.165) is 18.2 Å². The lowest BCUT2D eigenvalue weighted by molar-refractivity contribution is -0.138. The van der Waals surface area contributed by atoms with E-state index in [0.29, 0.717) is 18.5 Å². The monoisotopic (exact) mass is 491 g/mol. The smallest absolute Gasteiger partial charge is 0.420 e. The van der Waals surface area contributed by atoms with Crippen LogP contribution in [0.1, 0.15) is 34.6 Å². The van der Waals surface area contributed by atoms with Gasteiger partial charge in [-0.1, -0.05) is 0 Å². The van der Waals surface area contributed by atoms with Crippen molar-refractivity contribution in [1.29, 1.82) is 0 Å². The van der Waals surface area contributed by atoms with Crippen molar-refractivity contribution in [3.63, 3.8) is 0 Å². The van der Waals surface area contributed by atoms with Gasteiger partial charge >= 0.3 is 6.18 Å². The molecule has 1 aliphatic carbocycles. The minimum Gasteiger partial charge on any atom is -0.497 e. The lowest BCUT2D eigenvalue weighted by Crippen LogP contribution is -2.48. The maximum Gasteiger partial charge on any atom is 0.420 e. The number of carbonyl (C=O) groups is 2. The summed E-state index contributed by atoms with van der Waals surface area (Å²) in [5.41, 5.74) is -1.69. The molecule has 35 heavy (non-hydrogen) atoms. The Balaban J connectivity index is 1.35. The van der Waals surface area contributed by atoms with E-state index in [-0.39, 0.29) is 29.6 Å². The van der Waals surface area contributed by atoms with E-state index in [1.165, 1.54) is 31.5 Å². The SMILES string of the molecule is COc1ccc(Oc2ccc(CNC(=O)C3(NC(=O)c4cc(O)[nH]n4)CC3)nc2)c(C(F)(F)F)c1. The lowest BCUT2D eigenvalue weighted by atomic mass is 10.2. The Hall–Kier alpha value is -4.29. The first kappa shape index (κ1) is 23.9. The van der Waals surface area contributed by atoms with Crippen molar-refractivity contribution in [1.82, 2.24) is 25.8 Å². The van der Waals surface area contributed by atoms with E-state index in [2.05, 4.69) is 25.8 Å². The number of pyridine rings is 1. The summed E-state index contributed by atoms with van der Waals surface area (Å²) in [6, 6.07) is 7.41. The summed E-state index contributed by atoms with van der Waals surface area (Å²) in [6.45, 7) is 0.0241. The molecular formula is C22H20F3N5O5. The van der Waals surface area contributed by atoms with Gasteiger partial charge in [0.25, 0.3) is 5.91 Å². The van der Waals surface area contributed by atoms with Gasteiger partial charge in [-0.05, 0) is 43.2 Å². The Morgan fingerprint density at radius 1 is 1.17 bits per heavy atom. The van der Waals surface area contributed by atoms with E-state index in [4.69, 9.17) is 9.47 Å². The van der Waals surface area contributed by atoms with Gasteiger partial charge in [-0.2, -0.15) is 18.3 Å².